The molecule has 18 heavy (non-hydrogen) atoms. The van der Waals surface area contributed by atoms with E-state index in [1.54, 1.807) is 6.33 Å². The fraction of sp³-hybridized carbons (Fsp3) is 0.857. The third kappa shape index (κ3) is 5.17. The predicted octanol–water partition coefficient (Wildman–Crippen LogP) is 2.50. The molecule has 1 atom stereocenters. The van der Waals surface area contributed by atoms with Gasteiger partial charge in [0.1, 0.15) is 12.2 Å². The van der Waals surface area contributed by atoms with Crippen molar-refractivity contribution in [2.24, 2.45) is 11.8 Å². The number of aryl methyl sites for hydroxylation is 1. The maximum atomic E-state index is 4.39. The quantitative estimate of drug-likeness (QED) is 0.734. The van der Waals surface area contributed by atoms with Crippen LogP contribution in [-0.2, 0) is 13.0 Å². The van der Waals surface area contributed by atoms with Gasteiger partial charge >= 0.3 is 0 Å². The van der Waals surface area contributed by atoms with Gasteiger partial charge in [0.05, 0.1) is 0 Å². The molecule has 1 N–H and O–H groups in total. The molecule has 0 aromatic carbocycles. The Labute approximate surface area is 111 Å². The van der Waals surface area contributed by atoms with Gasteiger partial charge in [0.25, 0.3) is 0 Å². The summed E-state index contributed by atoms with van der Waals surface area (Å²) in [6.45, 7) is 12.1. The Balaban J connectivity index is 2.43. The summed E-state index contributed by atoms with van der Waals surface area (Å²) in [7, 11) is 0. The highest BCUT2D eigenvalue weighted by Gasteiger charge is 2.12. The summed E-state index contributed by atoms with van der Waals surface area (Å²) in [6.07, 6.45) is 5.00. The van der Waals surface area contributed by atoms with Gasteiger partial charge in [-0.05, 0) is 31.3 Å². The number of nitrogens with zero attached hydrogens (tertiary/aromatic N) is 3. The first-order valence-corrected chi connectivity index (χ1v) is 7.24. The van der Waals surface area contributed by atoms with E-state index in [1.807, 2.05) is 4.68 Å². The van der Waals surface area contributed by atoms with Gasteiger partial charge in [-0.1, -0.05) is 34.1 Å². The lowest BCUT2D eigenvalue weighted by Gasteiger charge is -2.16. The fourth-order valence-corrected chi connectivity index (χ4v) is 2.04. The van der Waals surface area contributed by atoms with Crippen LogP contribution in [0.15, 0.2) is 6.33 Å². The van der Waals surface area contributed by atoms with E-state index in [-0.39, 0.29) is 0 Å². The molecule has 0 saturated heterocycles. The van der Waals surface area contributed by atoms with Gasteiger partial charge < -0.3 is 5.32 Å². The first kappa shape index (κ1) is 15.2. The third-order valence-electron chi connectivity index (χ3n) is 3.17. The molecule has 0 spiro atoms. The van der Waals surface area contributed by atoms with Crippen molar-refractivity contribution < 1.29 is 0 Å². The number of aromatic nitrogens is 3. The average Bonchev–Trinajstić information content (AvgIpc) is 2.75. The fourth-order valence-electron chi connectivity index (χ4n) is 2.04. The van der Waals surface area contributed by atoms with Crippen LogP contribution in [0, 0.1) is 11.8 Å². The van der Waals surface area contributed by atoms with E-state index < -0.39 is 0 Å². The monoisotopic (exact) mass is 252 g/mol. The molecule has 0 saturated carbocycles. The highest BCUT2D eigenvalue weighted by atomic mass is 15.3. The molecule has 4 nitrogen and oxygen atoms in total. The van der Waals surface area contributed by atoms with Crippen molar-refractivity contribution in [3.8, 4) is 0 Å². The first-order chi connectivity index (χ1) is 8.67. The minimum Gasteiger partial charge on any atom is -0.316 e. The molecule has 0 amide bonds. The zero-order valence-corrected chi connectivity index (χ0v) is 12.3. The summed E-state index contributed by atoms with van der Waals surface area (Å²) < 4.78 is 2.05. The second-order valence-corrected chi connectivity index (χ2v) is 5.43. The van der Waals surface area contributed by atoms with E-state index in [2.05, 4.69) is 43.1 Å². The van der Waals surface area contributed by atoms with E-state index >= 15 is 0 Å². The molecule has 0 fully saturated rings. The van der Waals surface area contributed by atoms with E-state index in [0.717, 1.165) is 38.3 Å². The molecule has 0 bridgehead atoms. The maximum absolute atomic E-state index is 4.39. The zero-order chi connectivity index (χ0) is 13.4. The van der Waals surface area contributed by atoms with Crippen molar-refractivity contribution in [2.75, 3.05) is 13.1 Å². The summed E-state index contributed by atoms with van der Waals surface area (Å²) in [5.41, 5.74) is 0. The Morgan fingerprint density at radius 3 is 2.67 bits per heavy atom. The lowest BCUT2D eigenvalue weighted by Crippen LogP contribution is -2.28. The molecule has 0 aliphatic carbocycles. The Hall–Kier alpha value is -0.900. The second-order valence-electron chi connectivity index (χ2n) is 5.43. The molecule has 0 aliphatic rings. The minimum absolute atomic E-state index is 0.656. The van der Waals surface area contributed by atoms with Crippen molar-refractivity contribution in [3.05, 3.63) is 12.2 Å². The van der Waals surface area contributed by atoms with Crippen LogP contribution in [0.25, 0.3) is 0 Å². The van der Waals surface area contributed by atoms with Crippen molar-refractivity contribution in [1.82, 2.24) is 20.1 Å². The Morgan fingerprint density at radius 2 is 2.06 bits per heavy atom. The largest absolute Gasteiger partial charge is 0.316 e. The van der Waals surface area contributed by atoms with Gasteiger partial charge in [-0.25, -0.2) is 4.98 Å². The van der Waals surface area contributed by atoms with Crippen LogP contribution in [0.1, 0.15) is 46.4 Å². The van der Waals surface area contributed by atoms with E-state index in [1.165, 1.54) is 6.42 Å². The topological polar surface area (TPSA) is 42.7 Å². The van der Waals surface area contributed by atoms with E-state index in [4.69, 9.17) is 0 Å². The van der Waals surface area contributed by atoms with Crippen LogP contribution in [0.5, 0.6) is 0 Å². The van der Waals surface area contributed by atoms with Crippen LogP contribution in [0.3, 0.4) is 0 Å². The molecule has 1 aromatic rings. The molecule has 1 heterocycles. The molecule has 4 heteroatoms. The van der Waals surface area contributed by atoms with Crippen LogP contribution in [-0.4, -0.2) is 27.9 Å². The standard InChI is InChI=1S/C14H28N4/c1-5-7-18-14(16-11-17-18)8-13(6-2)10-15-9-12(3)4/h11-13,15H,5-10H2,1-4H3. The van der Waals surface area contributed by atoms with Gasteiger partial charge in [-0.15, -0.1) is 0 Å². The molecular weight excluding hydrogens is 224 g/mol. The van der Waals surface area contributed by atoms with Crippen LogP contribution in [0.2, 0.25) is 0 Å². The van der Waals surface area contributed by atoms with Crippen LogP contribution in [0.4, 0.5) is 0 Å². The molecule has 1 unspecified atom stereocenters. The Kier molecular flexibility index (Phi) is 6.94. The summed E-state index contributed by atoms with van der Waals surface area (Å²) >= 11 is 0. The lowest BCUT2D eigenvalue weighted by atomic mass is 10.0. The highest BCUT2D eigenvalue weighted by molar-refractivity contribution is 4.87. The van der Waals surface area contributed by atoms with Crippen LogP contribution < -0.4 is 5.32 Å². The Morgan fingerprint density at radius 1 is 1.28 bits per heavy atom. The van der Waals surface area contributed by atoms with Crippen molar-refractivity contribution in [1.29, 1.82) is 0 Å². The average molecular weight is 252 g/mol. The van der Waals surface area contributed by atoms with Gasteiger partial charge in [-0.2, -0.15) is 5.10 Å². The minimum atomic E-state index is 0.656. The third-order valence-corrected chi connectivity index (χ3v) is 3.17. The number of nitrogens with one attached hydrogen (secondary N) is 1. The molecule has 0 aliphatic heterocycles. The highest BCUT2D eigenvalue weighted by Crippen LogP contribution is 2.10. The number of hydrogen-bond donors (Lipinski definition) is 1. The summed E-state index contributed by atoms with van der Waals surface area (Å²) in [5, 5.41) is 7.83. The van der Waals surface area contributed by atoms with Crippen LogP contribution >= 0.6 is 0 Å². The van der Waals surface area contributed by atoms with Gasteiger partial charge in [0, 0.05) is 13.0 Å². The SMILES string of the molecule is CCCn1ncnc1CC(CC)CNCC(C)C. The van der Waals surface area contributed by atoms with Crippen molar-refractivity contribution in [2.45, 2.75) is 53.5 Å². The van der Waals surface area contributed by atoms with Gasteiger partial charge in [0.2, 0.25) is 0 Å². The van der Waals surface area contributed by atoms with Crippen molar-refractivity contribution in [3.63, 3.8) is 0 Å². The zero-order valence-electron chi connectivity index (χ0n) is 12.3. The molecule has 1 rings (SSSR count). The van der Waals surface area contributed by atoms with E-state index in [9.17, 15) is 0 Å². The molecule has 0 radical (unpaired) electrons. The van der Waals surface area contributed by atoms with Gasteiger partial charge in [0.15, 0.2) is 0 Å². The molecule has 1 aromatic heterocycles. The normalized spacial score (nSPS) is 13.2. The summed E-state index contributed by atoms with van der Waals surface area (Å²) in [6, 6.07) is 0. The second kappa shape index (κ2) is 8.25. The lowest BCUT2D eigenvalue weighted by molar-refractivity contribution is 0.419. The van der Waals surface area contributed by atoms with E-state index in [0.29, 0.717) is 11.8 Å². The number of hydrogen-bond acceptors (Lipinski definition) is 3. The summed E-state index contributed by atoms with van der Waals surface area (Å²) in [4.78, 5) is 4.39. The Bertz CT molecular complexity index is 319. The van der Waals surface area contributed by atoms with Crippen molar-refractivity contribution >= 4 is 0 Å². The smallest absolute Gasteiger partial charge is 0.138 e. The predicted molar refractivity (Wildman–Crippen MR) is 75.5 cm³/mol. The maximum Gasteiger partial charge on any atom is 0.138 e. The number of rotatable bonds is 9. The summed E-state index contributed by atoms with van der Waals surface area (Å²) in [5.74, 6) is 2.50. The molecule has 104 valence electrons. The molecular formula is C14H28N4. The first-order valence-electron chi connectivity index (χ1n) is 7.24. The van der Waals surface area contributed by atoms with Gasteiger partial charge in [-0.3, -0.25) is 4.68 Å².